The van der Waals surface area contributed by atoms with Gasteiger partial charge in [0.15, 0.2) is 0 Å². The first-order valence-corrected chi connectivity index (χ1v) is 9.83. The molecule has 136 valence electrons. The average molecular weight is 363 g/mol. The fourth-order valence-corrected chi connectivity index (χ4v) is 3.74. The van der Waals surface area contributed by atoms with Crippen molar-refractivity contribution in [3.8, 4) is 11.4 Å². The number of aryl methyl sites for hydroxylation is 1. The molecule has 1 atom stereocenters. The van der Waals surface area contributed by atoms with E-state index in [4.69, 9.17) is 4.52 Å². The van der Waals surface area contributed by atoms with Crippen molar-refractivity contribution >= 4 is 16.7 Å². The molecular weight excluding hydrogens is 338 g/mol. The van der Waals surface area contributed by atoms with Gasteiger partial charge >= 0.3 is 0 Å². The molecule has 6 nitrogen and oxygen atoms in total. The lowest BCUT2D eigenvalue weighted by molar-refractivity contribution is -0.131. The average Bonchev–Trinajstić information content (AvgIpc) is 2.94. The van der Waals surface area contributed by atoms with Crippen LogP contribution in [0.4, 0.5) is 0 Å². The molecule has 2 aromatic rings. The van der Waals surface area contributed by atoms with Gasteiger partial charge in [-0.05, 0) is 40.2 Å². The maximum absolute atomic E-state index is 12.4. The number of hydrogen-bond donors (Lipinski definition) is 0. The van der Waals surface area contributed by atoms with Crippen molar-refractivity contribution in [2.24, 2.45) is 0 Å². The van der Waals surface area contributed by atoms with Gasteiger partial charge < -0.3 is 9.42 Å². The second-order valence-electron chi connectivity index (χ2n) is 6.54. The number of amides is 1. The Kier molecular flexibility index (Phi) is 6.47. The highest BCUT2D eigenvalue weighted by Crippen LogP contribution is 2.20. The molecule has 1 unspecified atom stereocenters. The largest absolute Gasteiger partial charge is 0.338 e. The standard InChI is InChI=1S/C18H25N3O3S/c1-12(2)21(13(3)4)17(22)11-25(23)10-16-19-18(20-24-16)15-9-7-6-8-14(15)5/h6-9,12-13H,10-11H2,1-5H3. The second-order valence-corrected chi connectivity index (χ2v) is 8.00. The van der Waals surface area contributed by atoms with Gasteiger partial charge in [0, 0.05) is 28.4 Å². The van der Waals surface area contributed by atoms with E-state index in [9.17, 15) is 9.00 Å². The highest BCUT2D eigenvalue weighted by Gasteiger charge is 2.23. The minimum atomic E-state index is -1.39. The second kappa shape index (κ2) is 8.38. The first kappa shape index (κ1) is 19.3. The molecule has 1 heterocycles. The Labute approximate surface area is 151 Å². The van der Waals surface area contributed by atoms with Crippen LogP contribution in [0.25, 0.3) is 11.4 Å². The molecule has 1 aromatic carbocycles. The molecule has 0 aliphatic heterocycles. The third-order valence-corrected chi connectivity index (χ3v) is 4.96. The molecule has 0 radical (unpaired) electrons. The summed E-state index contributed by atoms with van der Waals surface area (Å²) in [4.78, 5) is 18.4. The summed E-state index contributed by atoms with van der Waals surface area (Å²) in [6.07, 6.45) is 0. The van der Waals surface area contributed by atoms with Crippen molar-refractivity contribution in [2.45, 2.75) is 52.5 Å². The van der Waals surface area contributed by atoms with Crippen LogP contribution < -0.4 is 0 Å². The van der Waals surface area contributed by atoms with Crippen LogP contribution in [-0.2, 0) is 21.3 Å². The van der Waals surface area contributed by atoms with E-state index < -0.39 is 10.8 Å². The molecule has 2 rings (SSSR count). The Balaban J connectivity index is 2.02. The topological polar surface area (TPSA) is 76.3 Å². The summed E-state index contributed by atoms with van der Waals surface area (Å²) in [5, 5.41) is 3.96. The predicted molar refractivity (Wildman–Crippen MR) is 98.3 cm³/mol. The number of carbonyl (C=O) groups is 1. The first-order chi connectivity index (χ1) is 11.8. The third-order valence-electron chi connectivity index (χ3n) is 3.82. The molecule has 7 heteroatoms. The van der Waals surface area contributed by atoms with E-state index in [1.165, 1.54) is 0 Å². The van der Waals surface area contributed by atoms with Crippen LogP contribution in [0.15, 0.2) is 28.8 Å². The lowest BCUT2D eigenvalue weighted by Gasteiger charge is -2.30. The summed E-state index contributed by atoms with van der Waals surface area (Å²) in [5.74, 6) is 0.669. The monoisotopic (exact) mass is 363 g/mol. The number of carbonyl (C=O) groups excluding carboxylic acids is 1. The fraction of sp³-hybridized carbons (Fsp3) is 0.500. The Morgan fingerprint density at radius 3 is 2.44 bits per heavy atom. The molecule has 0 aliphatic rings. The molecule has 25 heavy (non-hydrogen) atoms. The molecule has 0 N–H and O–H groups in total. The summed E-state index contributed by atoms with van der Waals surface area (Å²) in [6, 6.07) is 7.86. The lowest BCUT2D eigenvalue weighted by atomic mass is 10.1. The summed E-state index contributed by atoms with van der Waals surface area (Å²) < 4.78 is 17.5. The van der Waals surface area contributed by atoms with Crippen LogP contribution in [0.1, 0.15) is 39.1 Å². The van der Waals surface area contributed by atoms with Crippen molar-refractivity contribution in [2.75, 3.05) is 5.75 Å². The number of benzene rings is 1. The van der Waals surface area contributed by atoms with Crippen molar-refractivity contribution < 1.29 is 13.5 Å². The molecule has 0 fully saturated rings. The maximum atomic E-state index is 12.4. The normalized spacial score (nSPS) is 12.6. The Bertz CT molecular complexity index is 748. The maximum Gasteiger partial charge on any atom is 0.239 e. The van der Waals surface area contributed by atoms with Crippen molar-refractivity contribution in [1.29, 1.82) is 0 Å². The number of aromatic nitrogens is 2. The van der Waals surface area contributed by atoms with Crippen molar-refractivity contribution in [1.82, 2.24) is 15.0 Å². The quantitative estimate of drug-likeness (QED) is 0.756. The van der Waals surface area contributed by atoms with E-state index >= 15 is 0 Å². The molecule has 1 aromatic heterocycles. The van der Waals surface area contributed by atoms with Gasteiger partial charge in [0.25, 0.3) is 0 Å². The zero-order valence-corrected chi connectivity index (χ0v) is 16.2. The molecule has 0 saturated heterocycles. The lowest BCUT2D eigenvalue weighted by Crippen LogP contribution is -2.44. The van der Waals surface area contributed by atoms with E-state index in [-0.39, 0.29) is 35.4 Å². The Hall–Kier alpha value is -2.02. The summed E-state index contributed by atoms with van der Waals surface area (Å²) in [6.45, 7) is 9.77. The van der Waals surface area contributed by atoms with Crippen LogP contribution in [0.3, 0.4) is 0 Å². The fourth-order valence-electron chi connectivity index (χ4n) is 2.82. The summed E-state index contributed by atoms with van der Waals surface area (Å²) >= 11 is 0. The molecule has 0 spiro atoms. The van der Waals surface area contributed by atoms with Crippen LogP contribution in [0.5, 0.6) is 0 Å². The number of rotatable bonds is 7. The molecule has 0 aliphatic carbocycles. The number of hydrogen-bond acceptors (Lipinski definition) is 5. The van der Waals surface area contributed by atoms with E-state index in [0.29, 0.717) is 5.82 Å². The van der Waals surface area contributed by atoms with Gasteiger partial charge in [-0.2, -0.15) is 4.98 Å². The highest BCUT2D eigenvalue weighted by molar-refractivity contribution is 7.84. The van der Waals surface area contributed by atoms with E-state index in [2.05, 4.69) is 10.1 Å². The van der Waals surface area contributed by atoms with Crippen molar-refractivity contribution in [3.63, 3.8) is 0 Å². The molecule has 1 amide bonds. The van der Waals surface area contributed by atoms with Gasteiger partial charge in [-0.15, -0.1) is 0 Å². The van der Waals surface area contributed by atoms with Gasteiger partial charge in [0.2, 0.25) is 17.6 Å². The van der Waals surface area contributed by atoms with E-state index in [1.807, 2.05) is 58.9 Å². The van der Waals surface area contributed by atoms with Crippen LogP contribution >= 0.6 is 0 Å². The zero-order chi connectivity index (χ0) is 18.6. The minimum Gasteiger partial charge on any atom is -0.338 e. The SMILES string of the molecule is Cc1ccccc1-c1noc(CS(=O)CC(=O)N(C(C)C)C(C)C)n1. The van der Waals surface area contributed by atoms with Gasteiger partial charge in [-0.25, -0.2) is 0 Å². The smallest absolute Gasteiger partial charge is 0.239 e. The molecule has 0 bridgehead atoms. The highest BCUT2D eigenvalue weighted by atomic mass is 32.2. The van der Waals surface area contributed by atoms with E-state index in [0.717, 1.165) is 11.1 Å². The summed E-state index contributed by atoms with van der Waals surface area (Å²) in [7, 11) is -1.39. The van der Waals surface area contributed by atoms with Gasteiger partial charge in [-0.1, -0.05) is 29.4 Å². The van der Waals surface area contributed by atoms with Gasteiger partial charge in [0.05, 0.1) is 0 Å². The third kappa shape index (κ3) is 4.98. The van der Waals surface area contributed by atoms with Crippen LogP contribution in [0.2, 0.25) is 0 Å². The summed E-state index contributed by atoms with van der Waals surface area (Å²) in [5.41, 5.74) is 1.92. The van der Waals surface area contributed by atoms with Gasteiger partial charge in [0.1, 0.15) is 11.5 Å². The minimum absolute atomic E-state index is 0.0432. The van der Waals surface area contributed by atoms with Crippen LogP contribution in [0, 0.1) is 6.92 Å². The first-order valence-electron chi connectivity index (χ1n) is 8.34. The Morgan fingerprint density at radius 1 is 1.20 bits per heavy atom. The Morgan fingerprint density at radius 2 is 1.84 bits per heavy atom. The zero-order valence-electron chi connectivity index (χ0n) is 15.4. The van der Waals surface area contributed by atoms with Gasteiger partial charge in [-0.3, -0.25) is 9.00 Å². The predicted octanol–water partition coefficient (Wildman–Crippen LogP) is 2.94. The molecule has 0 saturated carbocycles. The van der Waals surface area contributed by atoms with Crippen LogP contribution in [-0.4, -0.2) is 43.0 Å². The van der Waals surface area contributed by atoms with E-state index in [1.54, 1.807) is 4.90 Å². The number of nitrogens with zero attached hydrogens (tertiary/aromatic N) is 3. The molecular formula is C18H25N3O3S. The van der Waals surface area contributed by atoms with Crippen molar-refractivity contribution in [3.05, 3.63) is 35.7 Å².